The molecule has 1 fully saturated rings. The van der Waals surface area contributed by atoms with E-state index in [1.165, 1.54) is 12.0 Å². The van der Waals surface area contributed by atoms with E-state index < -0.39 is 0 Å². The molecule has 0 aliphatic carbocycles. The molecule has 1 aliphatic rings. The summed E-state index contributed by atoms with van der Waals surface area (Å²) < 4.78 is 0. The van der Waals surface area contributed by atoms with Crippen LogP contribution < -0.4 is 16.0 Å². The minimum atomic E-state index is -0.0385. The van der Waals surface area contributed by atoms with E-state index in [9.17, 15) is 4.79 Å². The summed E-state index contributed by atoms with van der Waals surface area (Å²) in [7, 11) is 0. The van der Waals surface area contributed by atoms with E-state index in [4.69, 9.17) is 0 Å². The number of hydrogen-bond acceptors (Lipinski definition) is 2. The number of nitrogens with one attached hydrogen (secondary N) is 3. The van der Waals surface area contributed by atoms with Crippen LogP contribution in [0.5, 0.6) is 0 Å². The van der Waals surface area contributed by atoms with Crippen molar-refractivity contribution in [1.29, 1.82) is 0 Å². The molecule has 2 rings (SSSR count). The number of urea groups is 1. The molecule has 26 heavy (non-hydrogen) atoms. The number of hydrogen-bond donors (Lipinski definition) is 3. The first-order valence-corrected chi connectivity index (χ1v) is 9.93. The fraction of sp³-hybridized carbons (Fsp3) is 0.500. The lowest BCUT2D eigenvalue weighted by Crippen LogP contribution is -2.43. The minimum Gasteiger partial charge on any atom is -0.338 e. The predicted octanol–water partition coefficient (Wildman–Crippen LogP) is 4.14. The lowest BCUT2D eigenvalue weighted by molar-refractivity contribution is 0.237. The smallest absolute Gasteiger partial charge is 0.315 e. The molecule has 1 saturated heterocycles. The van der Waals surface area contributed by atoms with Crippen molar-refractivity contribution in [3.63, 3.8) is 0 Å². The average Bonchev–Trinajstić information content (AvgIpc) is 3.15. The van der Waals surface area contributed by atoms with Gasteiger partial charge in [-0.15, -0.1) is 0 Å². The van der Waals surface area contributed by atoms with E-state index >= 15 is 0 Å². The highest BCUT2D eigenvalue weighted by Crippen LogP contribution is 2.25. The maximum atomic E-state index is 11.9. The van der Waals surface area contributed by atoms with E-state index in [1.807, 2.05) is 18.2 Å². The second-order valence-electron chi connectivity index (χ2n) is 6.90. The van der Waals surface area contributed by atoms with Crippen LogP contribution in [0.3, 0.4) is 0 Å². The lowest BCUT2D eigenvalue weighted by atomic mass is 9.91. The van der Waals surface area contributed by atoms with Gasteiger partial charge in [-0.2, -0.15) is 0 Å². The Bertz CT molecular complexity index is 558. The second kappa shape index (κ2) is 12.3. The Hall–Kier alpha value is -2.07. The average molecular weight is 356 g/mol. The lowest BCUT2D eigenvalue weighted by Gasteiger charge is -2.17. The van der Waals surface area contributed by atoms with Crippen LogP contribution in [0.2, 0.25) is 0 Å². The van der Waals surface area contributed by atoms with Crippen molar-refractivity contribution in [1.82, 2.24) is 16.0 Å². The Balaban J connectivity index is 1.83. The maximum absolute atomic E-state index is 11.9. The number of rotatable bonds is 8. The molecule has 1 aromatic carbocycles. The summed E-state index contributed by atoms with van der Waals surface area (Å²) in [5.41, 5.74) is 1.37. The van der Waals surface area contributed by atoms with Gasteiger partial charge >= 0.3 is 6.03 Å². The van der Waals surface area contributed by atoms with Crippen molar-refractivity contribution in [2.45, 2.75) is 51.0 Å². The molecule has 0 spiro atoms. The molecule has 1 aromatic rings. The van der Waals surface area contributed by atoms with Gasteiger partial charge in [-0.05, 0) is 43.7 Å². The molecule has 1 aliphatic heterocycles. The maximum Gasteiger partial charge on any atom is 0.315 e. The standard InChI is InChI=1S/C22H33N3O/c1-2-11-19(20-12-8-6-4-3-5-7-9-13-20)14-10-16-24-22(26)25-21-15-17-23-18-21/h3-9,12-13,19,21,23H,2,10-11,14-18H2,1H3,(H2,24,25,26)/t19?,21-/m1/s1. The summed E-state index contributed by atoms with van der Waals surface area (Å²) in [6, 6.07) is 19.1. The normalized spacial score (nSPS) is 17.2. The van der Waals surface area contributed by atoms with Crippen molar-refractivity contribution in [2.24, 2.45) is 0 Å². The van der Waals surface area contributed by atoms with E-state index in [0.717, 1.165) is 45.3 Å². The fourth-order valence-corrected chi connectivity index (χ4v) is 3.37. The van der Waals surface area contributed by atoms with E-state index in [1.54, 1.807) is 0 Å². The highest BCUT2D eigenvalue weighted by molar-refractivity contribution is 5.74. The molecular weight excluding hydrogens is 322 g/mol. The molecular formula is C22H33N3O. The van der Waals surface area contributed by atoms with Crippen LogP contribution in [0, 0.1) is 0 Å². The summed E-state index contributed by atoms with van der Waals surface area (Å²) in [5.74, 6) is 0.529. The van der Waals surface area contributed by atoms with Gasteiger partial charge < -0.3 is 16.0 Å². The Labute approximate surface area is 158 Å². The third kappa shape index (κ3) is 7.87. The molecule has 1 heterocycles. The van der Waals surface area contributed by atoms with Crippen LogP contribution in [0.1, 0.15) is 50.5 Å². The first-order chi connectivity index (χ1) is 12.8. The molecule has 4 heteroatoms. The molecule has 4 nitrogen and oxygen atoms in total. The SMILES string of the molecule is CCCC(CCCNC(=O)N[C@@H]1CCNC1)c1ccccccccc1. The molecule has 3 N–H and O–H groups in total. The van der Waals surface area contributed by atoms with Gasteiger partial charge in [-0.3, -0.25) is 0 Å². The molecule has 2 amide bonds. The number of carbonyl (C=O) groups is 1. The van der Waals surface area contributed by atoms with Crippen LogP contribution >= 0.6 is 0 Å². The molecule has 142 valence electrons. The minimum absolute atomic E-state index is 0.0385. The highest BCUT2D eigenvalue weighted by Gasteiger charge is 2.16. The van der Waals surface area contributed by atoms with Gasteiger partial charge in [0.1, 0.15) is 0 Å². The van der Waals surface area contributed by atoms with Gasteiger partial charge in [-0.1, -0.05) is 67.9 Å². The third-order valence-electron chi connectivity index (χ3n) is 4.76. The number of amides is 2. The van der Waals surface area contributed by atoms with Gasteiger partial charge in [0.15, 0.2) is 0 Å². The van der Waals surface area contributed by atoms with Crippen LogP contribution in [-0.2, 0) is 0 Å². The Morgan fingerprint density at radius 2 is 1.81 bits per heavy atom. The predicted molar refractivity (Wildman–Crippen MR) is 109 cm³/mol. The molecule has 0 bridgehead atoms. The van der Waals surface area contributed by atoms with E-state index in [2.05, 4.69) is 59.3 Å². The van der Waals surface area contributed by atoms with Gasteiger partial charge in [-0.25, -0.2) is 4.79 Å². The molecule has 0 aromatic heterocycles. The Kier molecular flexibility index (Phi) is 9.59. The van der Waals surface area contributed by atoms with Crippen molar-refractivity contribution in [3.05, 3.63) is 60.2 Å². The van der Waals surface area contributed by atoms with Gasteiger partial charge in [0.2, 0.25) is 0 Å². The third-order valence-corrected chi connectivity index (χ3v) is 4.76. The quantitative estimate of drug-likeness (QED) is 0.614. The summed E-state index contributed by atoms with van der Waals surface area (Å²) in [6.45, 7) is 4.83. The zero-order valence-electron chi connectivity index (χ0n) is 15.9. The van der Waals surface area contributed by atoms with Crippen molar-refractivity contribution >= 4 is 6.03 Å². The summed E-state index contributed by atoms with van der Waals surface area (Å²) >= 11 is 0. The molecule has 0 saturated carbocycles. The Morgan fingerprint density at radius 1 is 1.12 bits per heavy atom. The molecule has 0 radical (unpaired) electrons. The van der Waals surface area contributed by atoms with Gasteiger partial charge in [0, 0.05) is 19.1 Å². The second-order valence-corrected chi connectivity index (χ2v) is 6.90. The van der Waals surface area contributed by atoms with Crippen molar-refractivity contribution < 1.29 is 4.79 Å². The van der Waals surface area contributed by atoms with Gasteiger partial charge in [0.25, 0.3) is 0 Å². The first kappa shape index (κ1) is 20.2. The van der Waals surface area contributed by atoms with Crippen LogP contribution in [0.4, 0.5) is 4.79 Å². The monoisotopic (exact) mass is 355 g/mol. The Morgan fingerprint density at radius 3 is 2.42 bits per heavy atom. The van der Waals surface area contributed by atoms with Gasteiger partial charge in [0.05, 0.1) is 0 Å². The van der Waals surface area contributed by atoms with E-state index in [-0.39, 0.29) is 12.1 Å². The zero-order valence-corrected chi connectivity index (χ0v) is 15.9. The van der Waals surface area contributed by atoms with Crippen molar-refractivity contribution in [2.75, 3.05) is 19.6 Å². The first-order valence-electron chi connectivity index (χ1n) is 9.93. The summed E-state index contributed by atoms with van der Waals surface area (Å²) in [5, 5.41) is 9.28. The van der Waals surface area contributed by atoms with Crippen molar-refractivity contribution in [3.8, 4) is 0 Å². The number of carbonyl (C=O) groups excluding carboxylic acids is 1. The summed E-state index contributed by atoms with van der Waals surface area (Å²) in [6.07, 6.45) is 5.43. The summed E-state index contributed by atoms with van der Waals surface area (Å²) in [4.78, 5) is 11.9. The highest BCUT2D eigenvalue weighted by atomic mass is 16.2. The molecule has 1 unspecified atom stereocenters. The van der Waals surface area contributed by atoms with Crippen LogP contribution in [-0.4, -0.2) is 31.7 Å². The fourth-order valence-electron chi connectivity index (χ4n) is 3.37. The molecule has 2 atom stereocenters. The topological polar surface area (TPSA) is 53.2 Å². The zero-order chi connectivity index (χ0) is 18.5. The van der Waals surface area contributed by atoms with Crippen LogP contribution in [0.15, 0.2) is 54.6 Å². The largest absolute Gasteiger partial charge is 0.338 e. The van der Waals surface area contributed by atoms with Crippen LogP contribution in [0.25, 0.3) is 0 Å². The van der Waals surface area contributed by atoms with E-state index in [0.29, 0.717) is 5.92 Å².